The Morgan fingerprint density at radius 3 is 2.61 bits per heavy atom. The number of nitrogens with zero attached hydrogens (tertiary/aromatic N) is 2. The van der Waals surface area contributed by atoms with E-state index in [2.05, 4.69) is 0 Å². The molecule has 5 nitrogen and oxygen atoms in total. The van der Waals surface area contributed by atoms with Crippen molar-refractivity contribution in [2.75, 3.05) is 18.1 Å². The predicted octanol–water partition coefficient (Wildman–Crippen LogP) is 2.50. The van der Waals surface area contributed by atoms with E-state index in [0.717, 1.165) is 5.56 Å². The number of benzene rings is 1. The van der Waals surface area contributed by atoms with Gasteiger partial charge < -0.3 is 10.0 Å². The second-order valence-corrected chi connectivity index (χ2v) is 4.61. The number of hydrogen-bond acceptors (Lipinski definition) is 4. The van der Waals surface area contributed by atoms with Gasteiger partial charge in [-0.25, -0.2) is 0 Å². The zero-order valence-electron chi connectivity index (χ0n) is 11.1. The molecule has 0 aromatic heterocycles. The molecule has 18 heavy (non-hydrogen) atoms. The SMILES string of the molecule is Cc1ccc([N+](=O)[O-])c(N(CCCO)C(C)C)c1. The van der Waals surface area contributed by atoms with Gasteiger partial charge in [-0.05, 0) is 38.8 Å². The number of hydrogen-bond donors (Lipinski definition) is 1. The topological polar surface area (TPSA) is 66.6 Å². The summed E-state index contributed by atoms with van der Waals surface area (Å²) in [5.74, 6) is 0. The normalized spacial score (nSPS) is 10.7. The summed E-state index contributed by atoms with van der Waals surface area (Å²) in [6.07, 6.45) is 0.600. The van der Waals surface area contributed by atoms with Crippen molar-refractivity contribution in [2.24, 2.45) is 0 Å². The average Bonchev–Trinajstić information content (AvgIpc) is 2.28. The van der Waals surface area contributed by atoms with Crippen LogP contribution < -0.4 is 4.90 Å². The molecule has 0 heterocycles. The van der Waals surface area contributed by atoms with E-state index in [9.17, 15) is 10.1 Å². The van der Waals surface area contributed by atoms with Crippen LogP contribution in [0.25, 0.3) is 0 Å². The van der Waals surface area contributed by atoms with E-state index in [1.54, 1.807) is 12.1 Å². The summed E-state index contributed by atoms with van der Waals surface area (Å²) in [5, 5.41) is 20.0. The van der Waals surface area contributed by atoms with Gasteiger partial charge in [-0.15, -0.1) is 0 Å². The standard InChI is InChI=1S/C13H20N2O3/c1-10(2)14(7-4-8-16)13-9-11(3)5-6-12(13)15(17)18/h5-6,9-10,16H,4,7-8H2,1-3H3. The third kappa shape index (κ3) is 3.43. The highest BCUT2D eigenvalue weighted by molar-refractivity contribution is 5.64. The molecule has 100 valence electrons. The molecule has 0 atom stereocenters. The Kier molecular flexibility index (Phi) is 5.09. The lowest BCUT2D eigenvalue weighted by Crippen LogP contribution is -2.32. The molecular formula is C13H20N2O3. The Bertz CT molecular complexity index is 419. The molecule has 5 heteroatoms. The van der Waals surface area contributed by atoms with Crippen LogP contribution in [0.4, 0.5) is 11.4 Å². The van der Waals surface area contributed by atoms with Crippen LogP contribution in [0, 0.1) is 17.0 Å². The quantitative estimate of drug-likeness (QED) is 0.624. The van der Waals surface area contributed by atoms with Gasteiger partial charge >= 0.3 is 0 Å². The molecule has 0 aliphatic rings. The molecule has 0 amide bonds. The third-order valence-corrected chi connectivity index (χ3v) is 2.82. The van der Waals surface area contributed by atoms with E-state index in [1.807, 2.05) is 31.7 Å². The number of rotatable bonds is 6. The van der Waals surface area contributed by atoms with Gasteiger partial charge in [-0.2, -0.15) is 0 Å². The summed E-state index contributed by atoms with van der Waals surface area (Å²) >= 11 is 0. The smallest absolute Gasteiger partial charge is 0.292 e. The molecule has 1 rings (SSSR count). The van der Waals surface area contributed by atoms with E-state index >= 15 is 0 Å². The van der Waals surface area contributed by atoms with Crippen LogP contribution in [0.3, 0.4) is 0 Å². The molecule has 0 saturated heterocycles. The zero-order chi connectivity index (χ0) is 13.7. The highest BCUT2D eigenvalue weighted by atomic mass is 16.6. The second kappa shape index (κ2) is 6.35. The summed E-state index contributed by atoms with van der Waals surface area (Å²) in [6, 6.07) is 5.26. The minimum Gasteiger partial charge on any atom is -0.396 e. The molecule has 0 saturated carbocycles. The highest BCUT2D eigenvalue weighted by Crippen LogP contribution is 2.30. The molecule has 0 aliphatic heterocycles. The van der Waals surface area contributed by atoms with Gasteiger partial charge in [-0.3, -0.25) is 10.1 Å². The van der Waals surface area contributed by atoms with Crippen molar-refractivity contribution in [3.63, 3.8) is 0 Å². The first-order valence-corrected chi connectivity index (χ1v) is 6.10. The van der Waals surface area contributed by atoms with Gasteiger partial charge in [0.05, 0.1) is 4.92 Å². The molecule has 1 aromatic rings. The lowest BCUT2D eigenvalue weighted by atomic mass is 10.1. The lowest BCUT2D eigenvalue weighted by molar-refractivity contribution is -0.384. The van der Waals surface area contributed by atoms with E-state index in [0.29, 0.717) is 18.7 Å². The monoisotopic (exact) mass is 252 g/mol. The Labute approximate surface area is 107 Å². The molecule has 0 fully saturated rings. The maximum Gasteiger partial charge on any atom is 0.292 e. The van der Waals surface area contributed by atoms with Gasteiger partial charge in [0.2, 0.25) is 0 Å². The summed E-state index contributed by atoms with van der Waals surface area (Å²) in [5.41, 5.74) is 1.74. The van der Waals surface area contributed by atoms with E-state index in [1.165, 1.54) is 0 Å². The van der Waals surface area contributed by atoms with Gasteiger partial charge in [0.1, 0.15) is 5.69 Å². The Balaban J connectivity index is 3.16. The maximum atomic E-state index is 11.1. The van der Waals surface area contributed by atoms with E-state index < -0.39 is 0 Å². The highest BCUT2D eigenvalue weighted by Gasteiger charge is 2.21. The van der Waals surface area contributed by atoms with Crippen LogP contribution in [0.5, 0.6) is 0 Å². The molecule has 1 aromatic carbocycles. The van der Waals surface area contributed by atoms with Crippen molar-refractivity contribution in [3.8, 4) is 0 Å². The van der Waals surface area contributed by atoms with Gasteiger partial charge in [0.25, 0.3) is 5.69 Å². The minimum absolute atomic E-state index is 0.0861. The largest absolute Gasteiger partial charge is 0.396 e. The van der Waals surface area contributed by atoms with Crippen LogP contribution in [-0.2, 0) is 0 Å². The Morgan fingerprint density at radius 1 is 1.44 bits per heavy atom. The number of aliphatic hydroxyl groups excluding tert-OH is 1. The van der Waals surface area contributed by atoms with Crippen LogP contribution in [0.2, 0.25) is 0 Å². The van der Waals surface area contributed by atoms with Crippen molar-refractivity contribution in [2.45, 2.75) is 33.2 Å². The fourth-order valence-corrected chi connectivity index (χ4v) is 1.92. The summed E-state index contributed by atoms with van der Waals surface area (Å²) in [4.78, 5) is 12.7. The molecule has 0 radical (unpaired) electrons. The van der Waals surface area contributed by atoms with Crippen molar-refractivity contribution in [1.29, 1.82) is 0 Å². The first-order chi connectivity index (χ1) is 8.47. The third-order valence-electron chi connectivity index (χ3n) is 2.82. The van der Waals surface area contributed by atoms with Crippen LogP contribution in [-0.4, -0.2) is 29.2 Å². The molecule has 0 unspecified atom stereocenters. The minimum atomic E-state index is -0.358. The summed E-state index contributed by atoms with van der Waals surface area (Å²) < 4.78 is 0. The molecule has 0 bridgehead atoms. The Hall–Kier alpha value is -1.62. The molecular weight excluding hydrogens is 232 g/mol. The molecule has 1 N–H and O–H groups in total. The first-order valence-electron chi connectivity index (χ1n) is 6.10. The Morgan fingerprint density at radius 2 is 2.11 bits per heavy atom. The average molecular weight is 252 g/mol. The van der Waals surface area contributed by atoms with Crippen molar-refractivity contribution in [3.05, 3.63) is 33.9 Å². The number of aliphatic hydroxyl groups is 1. The van der Waals surface area contributed by atoms with Crippen molar-refractivity contribution >= 4 is 11.4 Å². The van der Waals surface area contributed by atoms with Gasteiger partial charge in [-0.1, -0.05) is 6.07 Å². The first kappa shape index (κ1) is 14.4. The molecule has 0 spiro atoms. The number of nitro groups is 1. The number of aryl methyl sites for hydroxylation is 1. The number of anilines is 1. The van der Waals surface area contributed by atoms with Crippen LogP contribution >= 0.6 is 0 Å². The summed E-state index contributed by atoms with van der Waals surface area (Å²) in [7, 11) is 0. The van der Waals surface area contributed by atoms with E-state index in [-0.39, 0.29) is 23.3 Å². The van der Waals surface area contributed by atoms with Crippen molar-refractivity contribution in [1.82, 2.24) is 0 Å². The zero-order valence-corrected chi connectivity index (χ0v) is 11.1. The second-order valence-electron chi connectivity index (χ2n) is 4.61. The maximum absolute atomic E-state index is 11.1. The van der Waals surface area contributed by atoms with Crippen molar-refractivity contribution < 1.29 is 10.0 Å². The number of nitro benzene ring substituents is 1. The predicted molar refractivity (Wildman–Crippen MR) is 72.0 cm³/mol. The van der Waals surface area contributed by atoms with Crippen LogP contribution in [0.1, 0.15) is 25.8 Å². The van der Waals surface area contributed by atoms with Gasteiger partial charge in [0.15, 0.2) is 0 Å². The fourth-order valence-electron chi connectivity index (χ4n) is 1.92. The lowest BCUT2D eigenvalue weighted by Gasteiger charge is -2.28. The van der Waals surface area contributed by atoms with Gasteiger partial charge in [0, 0.05) is 25.3 Å². The van der Waals surface area contributed by atoms with Crippen LogP contribution in [0.15, 0.2) is 18.2 Å². The van der Waals surface area contributed by atoms with E-state index in [4.69, 9.17) is 5.11 Å². The molecule has 0 aliphatic carbocycles. The summed E-state index contributed by atoms with van der Waals surface area (Å²) in [6.45, 7) is 6.59. The fraction of sp³-hybridized carbons (Fsp3) is 0.538.